The molecule has 1 aromatic carbocycles. The number of nitriles is 1. The molecule has 11 nitrogen and oxygen atoms in total. The van der Waals surface area contributed by atoms with Crippen molar-refractivity contribution in [1.82, 2.24) is 24.4 Å². The van der Waals surface area contributed by atoms with E-state index in [9.17, 15) is 28.7 Å². The van der Waals surface area contributed by atoms with Crippen molar-refractivity contribution >= 4 is 55.8 Å². The quantitative estimate of drug-likeness (QED) is 0.187. The zero-order valence-corrected chi connectivity index (χ0v) is 28.6. The molecule has 0 amide bonds. The lowest BCUT2D eigenvalue weighted by molar-refractivity contribution is -0.132. The summed E-state index contributed by atoms with van der Waals surface area (Å²) in [6, 6.07) is 9.21. The van der Waals surface area contributed by atoms with Gasteiger partial charge in [0.25, 0.3) is 5.56 Å². The van der Waals surface area contributed by atoms with Crippen LogP contribution in [0.3, 0.4) is 0 Å². The molecule has 0 unspecified atom stereocenters. The molecule has 5 heterocycles. The van der Waals surface area contributed by atoms with Gasteiger partial charge in [-0.3, -0.25) is 14.3 Å². The average molecular weight is 718 g/mol. The van der Waals surface area contributed by atoms with Gasteiger partial charge in [0, 0.05) is 66.0 Å². The van der Waals surface area contributed by atoms with Crippen LogP contribution in [-0.2, 0) is 11.3 Å². The third-order valence-corrected chi connectivity index (χ3v) is 10.0. The Labute approximate surface area is 294 Å². The predicted octanol–water partition coefficient (Wildman–Crippen LogP) is 5.79. The lowest BCUT2D eigenvalue weighted by Crippen LogP contribution is -2.45. The van der Waals surface area contributed by atoms with Crippen molar-refractivity contribution in [3.63, 3.8) is 0 Å². The van der Waals surface area contributed by atoms with Crippen LogP contribution < -0.4 is 10.5 Å². The summed E-state index contributed by atoms with van der Waals surface area (Å²) in [5.74, 6) is 5.93. The number of likely N-dealkylation sites (tertiary alicyclic amines) is 1. The Kier molecular flexibility index (Phi) is 10.4. The Morgan fingerprint density at radius 3 is 2.74 bits per heavy atom. The van der Waals surface area contributed by atoms with E-state index in [4.69, 9.17) is 11.6 Å². The van der Waals surface area contributed by atoms with Gasteiger partial charge in [0.1, 0.15) is 23.3 Å². The van der Waals surface area contributed by atoms with Crippen molar-refractivity contribution in [3.05, 3.63) is 79.9 Å². The minimum atomic E-state index is -2.79. The van der Waals surface area contributed by atoms with Crippen LogP contribution in [0.5, 0.6) is 0 Å². The molecule has 0 bridgehead atoms. The summed E-state index contributed by atoms with van der Waals surface area (Å²) in [7, 11) is 1.83. The van der Waals surface area contributed by atoms with Crippen molar-refractivity contribution in [2.75, 3.05) is 38.2 Å². The number of halogens is 3. The third kappa shape index (κ3) is 7.02. The first-order valence-corrected chi connectivity index (χ1v) is 16.9. The Bertz CT molecular complexity index is 2270. The van der Waals surface area contributed by atoms with Crippen molar-refractivity contribution in [2.24, 2.45) is 0 Å². The zero-order valence-electron chi connectivity index (χ0n) is 27.0. The first-order chi connectivity index (χ1) is 24.1. The van der Waals surface area contributed by atoms with Gasteiger partial charge >= 0.3 is 12.6 Å². The van der Waals surface area contributed by atoms with Crippen LogP contribution in [-0.4, -0.2) is 81.4 Å². The van der Waals surface area contributed by atoms with E-state index in [0.29, 0.717) is 76.0 Å². The predicted molar refractivity (Wildman–Crippen MR) is 187 cm³/mol. The van der Waals surface area contributed by atoms with Crippen molar-refractivity contribution in [1.29, 1.82) is 5.26 Å². The van der Waals surface area contributed by atoms with E-state index >= 15 is 0 Å². The number of ether oxygens (including phenoxy) is 1. The maximum absolute atomic E-state index is 14.0. The van der Waals surface area contributed by atoms with Crippen LogP contribution in [0.4, 0.5) is 14.6 Å². The fourth-order valence-electron chi connectivity index (χ4n) is 6.20. The molecular formula is C35H30ClF2N7O4S. The van der Waals surface area contributed by atoms with Crippen LogP contribution in [0.1, 0.15) is 40.2 Å². The maximum atomic E-state index is 14.0. The normalized spacial score (nSPS) is 13.8. The molecular weight excluding hydrogens is 688 g/mol. The lowest BCUT2D eigenvalue weighted by Gasteiger charge is -2.37. The van der Waals surface area contributed by atoms with E-state index < -0.39 is 18.1 Å². The molecule has 5 aromatic rings. The number of carboxylic acids is 1. The molecule has 1 aliphatic rings. The van der Waals surface area contributed by atoms with Gasteiger partial charge in [-0.15, -0.1) is 11.3 Å². The van der Waals surface area contributed by atoms with E-state index in [1.54, 1.807) is 42.8 Å². The molecule has 0 saturated carbocycles. The number of aryl methyl sites for hydroxylation is 1. The molecule has 0 atom stereocenters. The molecule has 1 saturated heterocycles. The first kappa shape index (κ1) is 34.9. The molecule has 6 rings (SSSR count). The summed E-state index contributed by atoms with van der Waals surface area (Å²) >= 11 is 7.65. The molecule has 4 aromatic heterocycles. The number of aromatic nitrogens is 4. The maximum Gasteiger partial charge on any atom is 0.345 e. The van der Waals surface area contributed by atoms with Crippen LogP contribution in [0.15, 0.2) is 46.8 Å². The number of carboxylic acid groups (broad SMARTS) is 1. The number of hydrogen-bond donors (Lipinski definition) is 1. The summed E-state index contributed by atoms with van der Waals surface area (Å²) < 4.78 is 31.2. The van der Waals surface area contributed by atoms with Gasteiger partial charge in [0.15, 0.2) is 0 Å². The van der Waals surface area contributed by atoms with Gasteiger partial charge < -0.3 is 19.6 Å². The number of nitrogens with zero attached hydrogens (tertiary/aromatic N) is 7. The largest absolute Gasteiger partial charge is 0.478 e. The number of fused-ring (bicyclic) bond motifs is 2. The van der Waals surface area contributed by atoms with Crippen LogP contribution in [0, 0.1) is 30.1 Å². The standard InChI is InChI=1S/C35H30ClF2N7O4S/c1-20-42-28-18-41-32(43(2)23-8-12-44(13-9-23)14-15-49-35(37)38)26(17-39)29(28)33(46)45(20)11-3-4-21-5-6-22(36)16-25(21)24-7-10-40-30-27(34(47)48)19-50-31(24)30/h5-7,10,16,18-19,23,35H,8-9,11-15H2,1-2H3,(H,47,48). The molecule has 256 valence electrons. The van der Waals surface area contributed by atoms with E-state index in [0.717, 1.165) is 5.56 Å². The number of thiophene rings is 1. The van der Waals surface area contributed by atoms with E-state index in [-0.39, 0.29) is 35.7 Å². The highest BCUT2D eigenvalue weighted by Crippen LogP contribution is 2.36. The van der Waals surface area contributed by atoms with Crippen LogP contribution in [0.2, 0.25) is 5.02 Å². The summed E-state index contributed by atoms with van der Waals surface area (Å²) in [6.45, 7) is 0.568. The smallest absolute Gasteiger partial charge is 0.345 e. The Hall–Kier alpha value is -4.99. The van der Waals surface area contributed by atoms with Gasteiger partial charge in [-0.2, -0.15) is 14.0 Å². The summed E-state index contributed by atoms with van der Waals surface area (Å²) in [6.07, 6.45) is 4.47. The zero-order chi connectivity index (χ0) is 35.5. The monoisotopic (exact) mass is 717 g/mol. The lowest BCUT2D eigenvalue weighted by atomic mass is 10.00. The number of rotatable bonds is 9. The molecule has 15 heteroatoms. The topological polar surface area (TPSA) is 137 Å². The first-order valence-electron chi connectivity index (χ1n) is 15.6. The summed E-state index contributed by atoms with van der Waals surface area (Å²) in [5, 5.41) is 22.0. The second-order valence-electron chi connectivity index (χ2n) is 11.7. The highest BCUT2D eigenvalue weighted by atomic mass is 35.5. The summed E-state index contributed by atoms with van der Waals surface area (Å²) in [5.41, 5.74) is 2.53. The average Bonchev–Trinajstić information content (AvgIpc) is 3.54. The molecule has 1 N–H and O–H groups in total. The van der Waals surface area contributed by atoms with Gasteiger partial charge in [-0.25, -0.2) is 14.8 Å². The number of hydrogen-bond acceptors (Lipinski definition) is 10. The minimum absolute atomic E-state index is 0.0182. The minimum Gasteiger partial charge on any atom is -0.478 e. The van der Waals surface area contributed by atoms with Crippen molar-refractivity contribution < 1.29 is 23.4 Å². The molecule has 0 radical (unpaired) electrons. The number of benzene rings is 1. The highest BCUT2D eigenvalue weighted by Gasteiger charge is 2.27. The molecule has 0 spiro atoms. The highest BCUT2D eigenvalue weighted by molar-refractivity contribution is 7.18. The fourth-order valence-corrected chi connectivity index (χ4v) is 7.40. The van der Waals surface area contributed by atoms with Gasteiger partial charge in [-0.05, 0) is 44.0 Å². The van der Waals surface area contributed by atoms with Crippen LogP contribution in [0.25, 0.3) is 32.2 Å². The molecule has 1 fully saturated rings. The molecule has 50 heavy (non-hydrogen) atoms. The van der Waals surface area contributed by atoms with Gasteiger partial charge in [0.2, 0.25) is 0 Å². The number of anilines is 1. The second kappa shape index (κ2) is 14.9. The number of pyridine rings is 2. The van der Waals surface area contributed by atoms with Crippen LogP contribution >= 0.6 is 22.9 Å². The molecule has 1 aliphatic heterocycles. The van der Waals surface area contributed by atoms with Gasteiger partial charge in [-0.1, -0.05) is 23.4 Å². The number of carbonyl (C=O) groups is 1. The fraction of sp³-hybridized carbons (Fsp3) is 0.314. The second-order valence-corrected chi connectivity index (χ2v) is 13.0. The van der Waals surface area contributed by atoms with E-state index in [1.165, 1.54) is 22.1 Å². The van der Waals surface area contributed by atoms with E-state index in [1.807, 2.05) is 11.9 Å². The summed E-state index contributed by atoms with van der Waals surface area (Å²) in [4.78, 5) is 43.0. The van der Waals surface area contributed by atoms with Gasteiger partial charge in [0.05, 0.1) is 46.0 Å². The Balaban J connectivity index is 1.29. The number of alkyl halides is 2. The molecule has 0 aliphatic carbocycles. The van der Waals surface area contributed by atoms with E-state index in [2.05, 4.69) is 42.5 Å². The number of piperidine rings is 1. The Morgan fingerprint density at radius 1 is 1.24 bits per heavy atom. The Morgan fingerprint density at radius 2 is 2.02 bits per heavy atom. The van der Waals surface area contributed by atoms with Crippen molar-refractivity contribution in [2.45, 2.75) is 39.0 Å². The SMILES string of the molecule is Cc1nc2cnc(N(C)C3CCN(CCOC(F)F)CC3)c(C#N)c2c(=O)n1CC#Cc1ccc(Cl)cc1-c1ccnc2c(C(=O)O)csc12. The third-order valence-electron chi connectivity index (χ3n) is 8.79. The van der Waals surface area contributed by atoms with Crippen molar-refractivity contribution in [3.8, 4) is 29.0 Å². The number of aromatic carboxylic acids is 1.